The third-order valence-corrected chi connectivity index (χ3v) is 13.2. The van der Waals surface area contributed by atoms with Crippen LogP contribution in [0.4, 0.5) is 28.4 Å². The Morgan fingerprint density at radius 1 is 0.328 bits per heavy atom. The molecule has 12 rings (SSSR count). The summed E-state index contributed by atoms with van der Waals surface area (Å²) in [5.74, 6) is 0. The third-order valence-electron chi connectivity index (χ3n) is 13.2. The van der Waals surface area contributed by atoms with Crippen LogP contribution >= 0.6 is 0 Å². The van der Waals surface area contributed by atoms with Crippen LogP contribution in [0, 0.1) is 0 Å². The summed E-state index contributed by atoms with van der Waals surface area (Å²) in [5, 5.41) is 2.19. The maximum absolute atomic E-state index is 7.14. The normalized spacial score (nSPS) is 13.2. The van der Waals surface area contributed by atoms with E-state index in [4.69, 9.17) is 4.42 Å². The van der Waals surface area contributed by atoms with E-state index in [1.54, 1.807) is 0 Å². The van der Waals surface area contributed by atoms with Crippen LogP contribution in [-0.4, -0.2) is 0 Å². The fraction of sp³-hybridized carbons (Fsp3) is 0.0312. The molecule has 3 heteroatoms. The van der Waals surface area contributed by atoms with Crippen molar-refractivity contribution >= 4 is 50.4 Å². The van der Waals surface area contributed by atoms with E-state index < -0.39 is 0 Å². The van der Waals surface area contributed by atoms with Gasteiger partial charge in [0, 0.05) is 51.2 Å². The van der Waals surface area contributed by atoms with Crippen molar-refractivity contribution in [3.05, 3.63) is 272 Å². The van der Waals surface area contributed by atoms with Gasteiger partial charge in [0.25, 0.3) is 0 Å². The summed E-state index contributed by atoms with van der Waals surface area (Å²) in [4.78, 5) is 4.73. The van der Waals surface area contributed by atoms with E-state index in [1.165, 1.54) is 50.2 Å². The molecule has 10 aromatic rings. The molecule has 0 atom stereocenters. The van der Waals surface area contributed by atoms with Gasteiger partial charge in [-0.05, 0) is 117 Å². The Hall–Kier alpha value is -8.66. The Kier molecular flexibility index (Phi) is 10.3. The number of hydrogen-bond donors (Lipinski definition) is 0. The largest absolute Gasteiger partial charge is 0.453 e. The molecule has 2 aliphatic rings. The predicted octanol–water partition coefficient (Wildman–Crippen LogP) is 18.0. The molecule has 0 saturated heterocycles. The van der Waals surface area contributed by atoms with Gasteiger partial charge in [0.15, 0.2) is 5.58 Å². The van der Waals surface area contributed by atoms with Crippen LogP contribution in [-0.2, 0) is 0 Å². The molecule has 0 amide bonds. The van der Waals surface area contributed by atoms with Crippen molar-refractivity contribution in [2.75, 3.05) is 9.80 Å². The van der Waals surface area contributed by atoms with Crippen LogP contribution < -0.4 is 9.80 Å². The monoisotopic (exact) mass is 858 g/mol. The minimum absolute atomic E-state index is 0.841. The molecule has 67 heavy (non-hydrogen) atoms. The van der Waals surface area contributed by atoms with Crippen molar-refractivity contribution < 1.29 is 4.42 Å². The van der Waals surface area contributed by atoms with Gasteiger partial charge in [-0.15, -0.1) is 0 Å². The molecule has 0 radical (unpaired) electrons. The molecule has 318 valence electrons. The first-order valence-corrected chi connectivity index (χ1v) is 23.1. The lowest BCUT2D eigenvalue weighted by molar-refractivity contribution is 0.669. The number of furan rings is 1. The summed E-state index contributed by atoms with van der Waals surface area (Å²) >= 11 is 0. The van der Waals surface area contributed by atoms with Crippen molar-refractivity contribution in [3.8, 4) is 44.5 Å². The number of allylic oxidation sites excluding steroid dienone is 7. The van der Waals surface area contributed by atoms with Gasteiger partial charge >= 0.3 is 0 Å². The van der Waals surface area contributed by atoms with Gasteiger partial charge in [-0.25, -0.2) is 0 Å². The second-order valence-electron chi connectivity index (χ2n) is 17.2. The van der Waals surface area contributed by atoms with Gasteiger partial charge < -0.3 is 14.2 Å². The van der Waals surface area contributed by atoms with Crippen molar-refractivity contribution in [2.45, 2.75) is 12.8 Å². The molecule has 9 aromatic carbocycles. The first kappa shape index (κ1) is 39.9. The van der Waals surface area contributed by atoms with Gasteiger partial charge in [-0.2, -0.15) is 0 Å². The number of nitrogens with zero attached hydrogens (tertiary/aromatic N) is 2. The highest BCUT2D eigenvalue weighted by atomic mass is 16.3. The standard InChI is InChI=1S/C64H46N2O/c1-4-14-45(15-5-1)49-26-35-54(36-27-49)65(55-37-28-50(29-38-55)46-16-6-2-7-17-46)56-41-32-52(33-42-56)59-22-12-23-60-61-24-13-25-62(64(61)67-63(59)60)66(58-43-34-53(44-58)48-20-10-11-21-48)57-39-30-51(31-40-57)47-18-8-3-9-19-47/h1-20,22-43H,21,44H2. The minimum Gasteiger partial charge on any atom is -0.453 e. The van der Waals surface area contributed by atoms with Gasteiger partial charge in [-0.1, -0.05) is 194 Å². The lowest BCUT2D eigenvalue weighted by Crippen LogP contribution is -2.16. The van der Waals surface area contributed by atoms with E-state index in [2.05, 4.69) is 265 Å². The second kappa shape index (κ2) is 17.4. The zero-order valence-electron chi connectivity index (χ0n) is 37.0. The summed E-state index contributed by atoms with van der Waals surface area (Å²) in [6, 6.07) is 80.4. The number of para-hydroxylation sites is 2. The van der Waals surface area contributed by atoms with Crippen molar-refractivity contribution in [2.24, 2.45) is 0 Å². The Morgan fingerprint density at radius 3 is 1.27 bits per heavy atom. The van der Waals surface area contributed by atoms with Gasteiger partial charge in [0.05, 0.1) is 5.69 Å². The Bertz CT molecular complexity index is 3420. The summed E-state index contributed by atoms with van der Waals surface area (Å²) in [7, 11) is 0. The van der Waals surface area contributed by atoms with Crippen LogP contribution in [0.1, 0.15) is 12.8 Å². The van der Waals surface area contributed by atoms with E-state index in [1.807, 2.05) is 0 Å². The van der Waals surface area contributed by atoms with Crippen LogP contribution in [0.15, 0.2) is 276 Å². The lowest BCUT2D eigenvalue weighted by atomic mass is 10.0. The van der Waals surface area contributed by atoms with Crippen molar-refractivity contribution in [3.63, 3.8) is 0 Å². The predicted molar refractivity (Wildman–Crippen MR) is 281 cm³/mol. The Labute approximate surface area is 391 Å². The van der Waals surface area contributed by atoms with Crippen LogP contribution in [0.3, 0.4) is 0 Å². The molecule has 0 N–H and O–H groups in total. The molecule has 0 saturated carbocycles. The zero-order valence-corrected chi connectivity index (χ0v) is 37.0. The number of anilines is 5. The van der Waals surface area contributed by atoms with E-state index in [0.717, 1.165) is 74.3 Å². The van der Waals surface area contributed by atoms with Crippen LogP contribution in [0.2, 0.25) is 0 Å². The fourth-order valence-corrected chi connectivity index (χ4v) is 9.78. The third kappa shape index (κ3) is 7.67. The number of benzene rings is 9. The smallest absolute Gasteiger partial charge is 0.159 e. The highest BCUT2D eigenvalue weighted by Gasteiger charge is 2.25. The average Bonchev–Trinajstić information content (AvgIpc) is 4.20. The van der Waals surface area contributed by atoms with Crippen molar-refractivity contribution in [1.82, 2.24) is 0 Å². The van der Waals surface area contributed by atoms with E-state index in [0.29, 0.717) is 0 Å². The maximum atomic E-state index is 7.14. The summed E-state index contributed by atoms with van der Waals surface area (Å²) in [5.41, 5.74) is 20.4. The molecule has 0 bridgehead atoms. The number of fused-ring (bicyclic) bond motifs is 3. The molecule has 1 heterocycles. The van der Waals surface area contributed by atoms with Crippen molar-refractivity contribution in [1.29, 1.82) is 0 Å². The van der Waals surface area contributed by atoms with E-state index in [9.17, 15) is 0 Å². The highest BCUT2D eigenvalue weighted by Crippen LogP contribution is 2.46. The molecule has 0 spiro atoms. The summed E-state index contributed by atoms with van der Waals surface area (Å²) in [6.45, 7) is 0. The summed E-state index contributed by atoms with van der Waals surface area (Å²) in [6.07, 6.45) is 13.0. The quantitative estimate of drug-likeness (QED) is 0.129. The fourth-order valence-electron chi connectivity index (χ4n) is 9.78. The Balaban J connectivity index is 0.919. The van der Waals surface area contributed by atoms with Crippen LogP contribution in [0.25, 0.3) is 66.4 Å². The Morgan fingerprint density at radius 2 is 0.776 bits per heavy atom. The van der Waals surface area contributed by atoms with Gasteiger partial charge in [0.2, 0.25) is 0 Å². The molecule has 0 unspecified atom stereocenters. The number of hydrogen-bond acceptors (Lipinski definition) is 3. The highest BCUT2D eigenvalue weighted by molar-refractivity contribution is 6.13. The van der Waals surface area contributed by atoms with Gasteiger partial charge in [-0.3, -0.25) is 0 Å². The molecular weight excluding hydrogens is 813 g/mol. The topological polar surface area (TPSA) is 19.6 Å². The summed E-state index contributed by atoms with van der Waals surface area (Å²) < 4.78 is 7.14. The minimum atomic E-state index is 0.841. The second-order valence-corrected chi connectivity index (χ2v) is 17.2. The number of rotatable bonds is 11. The average molecular weight is 859 g/mol. The SMILES string of the molecule is C1=CCC(C2=CC=C(N(c3ccc(-c4ccccc4)cc3)c3cccc4c3oc3c(-c5ccc(N(c6ccc(-c7ccccc7)cc6)c6ccc(-c7ccccc7)cc6)cc5)cccc34)C2)=C1. The molecule has 0 aliphatic heterocycles. The first-order valence-electron chi connectivity index (χ1n) is 23.1. The van der Waals surface area contributed by atoms with Crippen LogP contribution in [0.5, 0.6) is 0 Å². The zero-order chi connectivity index (χ0) is 44.5. The first-order chi connectivity index (χ1) is 33.2. The molecule has 3 nitrogen and oxygen atoms in total. The molecule has 2 aliphatic carbocycles. The van der Waals surface area contributed by atoms with E-state index in [-0.39, 0.29) is 0 Å². The van der Waals surface area contributed by atoms with Gasteiger partial charge in [0.1, 0.15) is 5.58 Å². The van der Waals surface area contributed by atoms with E-state index >= 15 is 0 Å². The lowest BCUT2D eigenvalue weighted by Gasteiger charge is -2.27. The molecule has 1 aromatic heterocycles. The molecule has 0 fully saturated rings. The maximum Gasteiger partial charge on any atom is 0.159 e. The molecular formula is C64H46N2O.